The van der Waals surface area contributed by atoms with E-state index in [1.54, 1.807) is 7.11 Å². The van der Waals surface area contributed by atoms with Crippen molar-refractivity contribution in [3.8, 4) is 17.4 Å². The van der Waals surface area contributed by atoms with Gasteiger partial charge in [-0.1, -0.05) is 0 Å². The van der Waals surface area contributed by atoms with Crippen LogP contribution in [-0.2, 0) is 0 Å². The average molecular weight is 189 g/mol. The first kappa shape index (κ1) is 8.74. The predicted molar refractivity (Wildman–Crippen MR) is 53.1 cm³/mol. The fourth-order valence-electron chi connectivity index (χ4n) is 1.26. The van der Waals surface area contributed by atoms with E-state index >= 15 is 0 Å². The number of nitrogens with zero attached hydrogens (tertiary/aromatic N) is 2. The number of aromatic amines is 1. The highest BCUT2D eigenvalue weighted by atomic mass is 16.5. The number of hydrogen-bond donors (Lipinski definition) is 1. The standard InChI is InChI=1S/C10H11N3O/c1-7-6-9(8-4-3-5-11-8)13-10(12-7)14-2/h3-6,11H,1-2H3. The van der Waals surface area contributed by atoms with Crippen LogP contribution in [0.15, 0.2) is 24.4 Å². The van der Waals surface area contributed by atoms with Crippen molar-refractivity contribution in [1.82, 2.24) is 15.0 Å². The maximum Gasteiger partial charge on any atom is 0.316 e. The molecule has 2 heterocycles. The second-order valence-electron chi connectivity index (χ2n) is 2.97. The number of hydrogen-bond acceptors (Lipinski definition) is 3. The molecule has 0 amide bonds. The molecule has 2 rings (SSSR count). The Balaban J connectivity index is 2.48. The van der Waals surface area contributed by atoms with Gasteiger partial charge in [-0.3, -0.25) is 0 Å². The fraction of sp³-hybridized carbons (Fsp3) is 0.200. The molecule has 0 aromatic carbocycles. The summed E-state index contributed by atoms with van der Waals surface area (Å²) >= 11 is 0. The number of aryl methyl sites for hydroxylation is 1. The molecular formula is C10H11N3O. The summed E-state index contributed by atoms with van der Waals surface area (Å²) in [5, 5.41) is 0. The van der Waals surface area contributed by atoms with Gasteiger partial charge >= 0.3 is 6.01 Å². The third kappa shape index (κ3) is 1.59. The minimum absolute atomic E-state index is 0.398. The summed E-state index contributed by atoms with van der Waals surface area (Å²) in [5.41, 5.74) is 2.70. The molecule has 0 aliphatic rings. The molecule has 0 spiro atoms. The van der Waals surface area contributed by atoms with E-state index in [9.17, 15) is 0 Å². The number of ether oxygens (including phenoxy) is 1. The zero-order valence-corrected chi connectivity index (χ0v) is 8.11. The van der Waals surface area contributed by atoms with Crippen LogP contribution in [0.3, 0.4) is 0 Å². The highest BCUT2D eigenvalue weighted by Crippen LogP contribution is 2.17. The van der Waals surface area contributed by atoms with E-state index in [0.29, 0.717) is 6.01 Å². The second-order valence-corrected chi connectivity index (χ2v) is 2.97. The monoisotopic (exact) mass is 189 g/mol. The Kier molecular flexibility index (Phi) is 2.18. The van der Waals surface area contributed by atoms with Gasteiger partial charge in [-0.25, -0.2) is 4.98 Å². The molecule has 0 atom stereocenters. The normalized spacial score (nSPS) is 10.1. The number of methoxy groups -OCH3 is 1. The summed E-state index contributed by atoms with van der Waals surface area (Å²) < 4.78 is 5.00. The van der Waals surface area contributed by atoms with Crippen molar-refractivity contribution in [2.45, 2.75) is 6.92 Å². The van der Waals surface area contributed by atoms with Gasteiger partial charge in [0.1, 0.15) is 0 Å². The van der Waals surface area contributed by atoms with Crippen LogP contribution in [0.2, 0.25) is 0 Å². The lowest BCUT2D eigenvalue weighted by Crippen LogP contribution is -1.95. The largest absolute Gasteiger partial charge is 0.467 e. The van der Waals surface area contributed by atoms with Crippen molar-refractivity contribution < 1.29 is 4.74 Å². The molecule has 0 aliphatic carbocycles. The molecule has 4 heteroatoms. The molecule has 72 valence electrons. The van der Waals surface area contributed by atoms with Gasteiger partial charge in [0.05, 0.1) is 18.5 Å². The van der Waals surface area contributed by atoms with E-state index in [1.165, 1.54) is 0 Å². The number of nitrogens with one attached hydrogen (secondary N) is 1. The van der Waals surface area contributed by atoms with Crippen LogP contribution < -0.4 is 4.74 Å². The molecule has 0 saturated carbocycles. The molecule has 0 fully saturated rings. The Morgan fingerprint density at radius 2 is 2.21 bits per heavy atom. The summed E-state index contributed by atoms with van der Waals surface area (Å²) in [6.45, 7) is 1.91. The zero-order valence-electron chi connectivity index (χ0n) is 8.11. The average Bonchev–Trinajstić information content (AvgIpc) is 2.69. The van der Waals surface area contributed by atoms with Crippen LogP contribution in [0.5, 0.6) is 6.01 Å². The van der Waals surface area contributed by atoms with Crippen molar-refractivity contribution in [3.05, 3.63) is 30.1 Å². The topological polar surface area (TPSA) is 50.8 Å². The number of H-pyrrole nitrogens is 1. The summed E-state index contributed by atoms with van der Waals surface area (Å²) in [6, 6.07) is 6.20. The highest BCUT2D eigenvalue weighted by molar-refractivity contribution is 5.54. The first-order chi connectivity index (χ1) is 6.79. The lowest BCUT2D eigenvalue weighted by molar-refractivity contribution is 0.379. The van der Waals surface area contributed by atoms with Gasteiger partial charge in [0.2, 0.25) is 0 Å². The highest BCUT2D eigenvalue weighted by Gasteiger charge is 2.04. The van der Waals surface area contributed by atoms with Crippen LogP contribution in [0.25, 0.3) is 11.4 Å². The maximum atomic E-state index is 5.00. The van der Waals surface area contributed by atoms with Gasteiger partial charge < -0.3 is 9.72 Å². The Morgan fingerprint density at radius 3 is 2.86 bits per heavy atom. The second kappa shape index (κ2) is 3.49. The van der Waals surface area contributed by atoms with E-state index in [0.717, 1.165) is 17.1 Å². The van der Waals surface area contributed by atoms with Crippen molar-refractivity contribution in [2.24, 2.45) is 0 Å². The number of aromatic nitrogens is 3. The zero-order chi connectivity index (χ0) is 9.97. The fourth-order valence-corrected chi connectivity index (χ4v) is 1.26. The molecule has 14 heavy (non-hydrogen) atoms. The van der Waals surface area contributed by atoms with Crippen molar-refractivity contribution in [2.75, 3.05) is 7.11 Å². The smallest absolute Gasteiger partial charge is 0.316 e. The van der Waals surface area contributed by atoms with Gasteiger partial charge in [-0.2, -0.15) is 4.98 Å². The Morgan fingerprint density at radius 1 is 1.36 bits per heavy atom. The van der Waals surface area contributed by atoms with Crippen molar-refractivity contribution in [1.29, 1.82) is 0 Å². The van der Waals surface area contributed by atoms with Crippen LogP contribution in [0.1, 0.15) is 5.69 Å². The van der Waals surface area contributed by atoms with Crippen LogP contribution in [-0.4, -0.2) is 22.1 Å². The quantitative estimate of drug-likeness (QED) is 0.783. The Bertz CT molecular complexity index is 423. The van der Waals surface area contributed by atoms with Gasteiger partial charge in [0.15, 0.2) is 0 Å². The molecule has 2 aromatic heterocycles. The lowest BCUT2D eigenvalue weighted by atomic mass is 10.3. The van der Waals surface area contributed by atoms with Gasteiger partial charge in [-0.15, -0.1) is 0 Å². The SMILES string of the molecule is COc1nc(C)cc(-c2ccc[nH]2)n1. The predicted octanol–water partition coefficient (Wildman–Crippen LogP) is 1.79. The van der Waals surface area contributed by atoms with Gasteiger partial charge in [-0.05, 0) is 25.1 Å². The third-order valence-electron chi connectivity index (χ3n) is 1.89. The van der Waals surface area contributed by atoms with Crippen molar-refractivity contribution in [3.63, 3.8) is 0 Å². The van der Waals surface area contributed by atoms with Crippen LogP contribution in [0.4, 0.5) is 0 Å². The minimum atomic E-state index is 0.398. The molecule has 0 saturated heterocycles. The van der Waals surface area contributed by atoms with Crippen LogP contribution >= 0.6 is 0 Å². The molecule has 4 nitrogen and oxygen atoms in total. The summed E-state index contributed by atoms with van der Waals surface area (Å²) in [6.07, 6.45) is 1.86. The first-order valence-corrected chi connectivity index (χ1v) is 4.33. The molecule has 0 radical (unpaired) electrons. The third-order valence-corrected chi connectivity index (χ3v) is 1.89. The molecule has 0 bridgehead atoms. The molecule has 2 aromatic rings. The van der Waals surface area contributed by atoms with E-state index < -0.39 is 0 Å². The minimum Gasteiger partial charge on any atom is -0.467 e. The summed E-state index contributed by atoms with van der Waals surface area (Å²) in [4.78, 5) is 11.4. The summed E-state index contributed by atoms with van der Waals surface area (Å²) in [5.74, 6) is 0. The molecule has 0 unspecified atom stereocenters. The Labute approximate surface area is 82.0 Å². The van der Waals surface area contributed by atoms with Crippen molar-refractivity contribution >= 4 is 0 Å². The first-order valence-electron chi connectivity index (χ1n) is 4.33. The molecular weight excluding hydrogens is 178 g/mol. The van der Waals surface area contributed by atoms with E-state index in [4.69, 9.17) is 4.74 Å². The Hall–Kier alpha value is -1.84. The van der Waals surface area contributed by atoms with E-state index in [1.807, 2.05) is 31.3 Å². The van der Waals surface area contributed by atoms with Crippen LogP contribution in [0, 0.1) is 6.92 Å². The number of rotatable bonds is 2. The maximum absolute atomic E-state index is 5.00. The van der Waals surface area contributed by atoms with E-state index in [-0.39, 0.29) is 0 Å². The molecule has 1 N–H and O–H groups in total. The lowest BCUT2D eigenvalue weighted by Gasteiger charge is -2.02. The van der Waals surface area contributed by atoms with Gasteiger partial charge in [0, 0.05) is 11.9 Å². The molecule has 0 aliphatic heterocycles. The van der Waals surface area contributed by atoms with Gasteiger partial charge in [0.25, 0.3) is 0 Å². The van der Waals surface area contributed by atoms with E-state index in [2.05, 4.69) is 15.0 Å². The summed E-state index contributed by atoms with van der Waals surface area (Å²) in [7, 11) is 1.56.